The normalized spacial score (nSPS) is 35.5. The maximum atomic E-state index is 5.88. The van der Waals surface area contributed by atoms with Gasteiger partial charge in [0.1, 0.15) is 5.60 Å². The van der Waals surface area contributed by atoms with E-state index < -0.39 is 0 Å². The highest BCUT2D eigenvalue weighted by atomic mass is 16.7. The van der Waals surface area contributed by atoms with Crippen LogP contribution in [-0.2, 0) is 9.57 Å². The van der Waals surface area contributed by atoms with Gasteiger partial charge >= 0.3 is 0 Å². The average Bonchev–Trinajstić information content (AvgIpc) is 2.54. The van der Waals surface area contributed by atoms with Crippen LogP contribution < -0.4 is 5.73 Å². The van der Waals surface area contributed by atoms with Gasteiger partial charge in [-0.2, -0.15) is 0 Å². The van der Waals surface area contributed by atoms with Crippen molar-refractivity contribution in [3.63, 3.8) is 0 Å². The molecule has 2 aliphatic rings. The Morgan fingerprint density at radius 1 is 1.47 bits per heavy atom. The van der Waals surface area contributed by atoms with Crippen molar-refractivity contribution in [2.24, 2.45) is 10.9 Å². The molecule has 0 radical (unpaired) electrons. The second kappa shape index (κ2) is 4.00. The lowest BCUT2D eigenvalue weighted by Gasteiger charge is -2.33. The minimum Gasteiger partial charge on any atom is -0.476 e. The van der Waals surface area contributed by atoms with Crippen molar-refractivity contribution in [1.82, 2.24) is 0 Å². The minimum absolute atomic E-state index is 0.0971. The van der Waals surface area contributed by atoms with Crippen LogP contribution in [0.4, 0.5) is 0 Å². The summed E-state index contributed by atoms with van der Waals surface area (Å²) >= 11 is 0. The number of nitrogens with zero attached hydrogens (tertiary/aromatic N) is 1. The molecule has 1 saturated carbocycles. The van der Waals surface area contributed by atoms with Crippen LogP contribution in [0.5, 0.6) is 0 Å². The van der Waals surface area contributed by atoms with Gasteiger partial charge in [-0.1, -0.05) is 5.16 Å². The molecular weight excluding hydrogens is 192 g/mol. The number of rotatable bonds is 1. The van der Waals surface area contributed by atoms with Gasteiger partial charge in [0.2, 0.25) is 5.90 Å². The Morgan fingerprint density at radius 2 is 2.13 bits per heavy atom. The zero-order valence-electron chi connectivity index (χ0n) is 9.53. The molecule has 15 heavy (non-hydrogen) atoms. The number of ether oxygens (including phenoxy) is 1. The van der Waals surface area contributed by atoms with Crippen LogP contribution in [0, 0.1) is 0 Å². The molecule has 0 aromatic heterocycles. The van der Waals surface area contributed by atoms with Crippen LogP contribution >= 0.6 is 0 Å². The number of hydrogen-bond donors (Lipinski definition) is 1. The molecule has 1 aliphatic carbocycles. The van der Waals surface area contributed by atoms with E-state index in [0.29, 0.717) is 6.04 Å². The van der Waals surface area contributed by atoms with Crippen LogP contribution in [-0.4, -0.2) is 23.6 Å². The van der Waals surface area contributed by atoms with Crippen molar-refractivity contribution in [2.45, 2.75) is 63.7 Å². The molecule has 1 spiro atoms. The SMILES string of the molecule is CC(C)OC1=NOC2(CCC(N)CC2)C1. The monoisotopic (exact) mass is 212 g/mol. The van der Waals surface area contributed by atoms with E-state index in [-0.39, 0.29) is 11.7 Å². The van der Waals surface area contributed by atoms with E-state index in [1.165, 1.54) is 0 Å². The molecule has 0 saturated heterocycles. The van der Waals surface area contributed by atoms with Gasteiger partial charge in [0.15, 0.2) is 0 Å². The minimum atomic E-state index is -0.0971. The van der Waals surface area contributed by atoms with Crippen LogP contribution in [0.25, 0.3) is 0 Å². The highest BCUT2D eigenvalue weighted by Crippen LogP contribution is 2.38. The molecule has 1 aliphatic heterocycles. The summed E-state index contributed by atoms with van der Waals surface area (Å²) in [6, 6.07) is 0.342. The fourth-order valence-corrected chi connectivity index (χ4v) is 2.26. The number of hydrogen-bond acceptors (Lipinski definition) is 4. The van der Waals surface area contributed by atoms with Gasteiger partial charge in [0.05, 0.1) is 12.5 Å². The lowest BCUT2D eigenvalue weighted by atomic mass is 9.80. The largest absolute Gasteiger partial charge is 0.476 e. The van der Waals surface area contributed by atoms with Crippen LogP contribution in [0.15, 0.2) is 5.16 Å². The van der Waals surface area contributed by atoms with E-state index in [1.807, 2.05) is 13.8 Å². The van der Waals surface area contributed by atoms with Crippen LogP contribution in [0.2, 0.25) is 0 Å². The van der Waals surface area contributed by atoms with Gasteiger partial charge < -0.3 is 15.3 Å². The summed E-state index contributed by atoms with van der Waals surface area (Å²) in [4.78, 5) is 5.55. The Hall–Kier alpha value is -0.770. The third-order valence-corrected chi connectivity index (χ3v) is 3.13. The standard InChI is InChI=1S/C11H20N2O2/c1-8(2)14-10-7-11(15-13-10)5-3-9(12)4-6-11/h8-9H,3-7,12H2,1-2H3. The van der Waals surface area contributed by atoms with Crippen molar-refractivity contribution >= 4 is 5.90 Å². The summed E-state index contributed by atoms with van der Waals surface area (Å²) in [5.41, 5.74) is 5.78. The Morgan fingerprint density at radius 3 is 2.73 bits per heavy atom. The van der Waals surface area contributed by atoms with Gasteiger partial charge in [-0.05, 0) is 39.5 Å². The van der Waals surface area contributed by atoms with Crippen molar-refractivity contribution in [1.29, 1.82) is 0 Å². The molecule has 0 bridgehead atoms. The first-order valence-corrected chi connectivity index (χ1v) is 5.77. The van der Waals surface area contributed by atoms with E-state index >= 15 is 0 Å². The van der Waals surface area contributed by atoms with Gasteiger partial charge in [-0.3, -0.25) is 0 Å². The molecule has 0 aromatic carbocycles. The van der Waals surface area contributed by atoms with Crippen molar-refractivity contribution in [3.05, 3.63) is 0 Å². The summed E-state index contributed by atoms with van der Waals surface area (Å²) in [5.74, 6) is 0.750. The lowest BCUT2D eigenvalue weighted by Crippen LogP contribution is -2.39. The summed E-state index contributed by atoms with van der Waals surface area (Å²) in [6.45, 7) is 4.01. The Labute approximate surface area is 90.8 Å². The highest BCUT2D eigenvalue weighted by molar-refractivity contribution is 5.78. The highest BCUT2D eigenvalue weighted by Gasteiger charge is 2.42. The fourth-order valence-electron chi connectivity index (χ4n) is 2.26. The molecule has 0 aromatic rings. The van der Waals surface area contributed by atoms with Crippen LogP contribution in [0.3, 0.4) is 0 Å². The van der Waals surface area contributed by atoms with E-state index in [9.17, 15) is 0 Å². The second-order valence-corrected chi connectivity index (χ2v) is 4.94. The topological polar surface area (TPSA) is 56.8 Å². The molecule has 2 N–H and O–H groups in total. The summed E-state index contributed by atoms with van der Waals surface area (Å²) in [6.07, 6.45) is 5.06. The van der Waals surface area contributed by atoms with Gasteiger partial charge in [0, 0.05) is 6.04 Å². The fraction of sp³-hybridized carbons (Fsp3) is 0.909. The molecule has 1 heterocycles. The first kappa shape index (κ1) is 10.7. The molecule has 4 nitrogen and oxygen atoms in total. The quantitative estimate of drug-likeness (QED) is 0.721. The zero-order valence-corrected chi connectivity index (χ0v) is 9.53. The Kier molecular flexibility index (Phi) is 2.87. The predicted molar refractivity (Wildman–Crippen MR) is 58.5 cm³/mol. The zero-order chi connectivity index (χ0) is 10.9. The molecule has 0 unspecified atom stereocenters. The van der Waals surface area contributed by atoms with E-state index in [0.717, 1.165) is 38.0 Å². The summed E-state index contributed by atoms with van der Waals surface area (Å²) < 4.78 is 5.56. The number of oxime groups is 1. The molecule has 0 atom stereocenters. The predicted octanol–water partition coefficient (Wildman–Crippen LogP) is 1.79. The molecular formula is C11H20N2O2. The average molecular weight is 212 g/mol. The maximum Gasteiger partial charge on any atom is 0.230 e. The van der Waals surface area contributed by atoms with Gasteiger partial charge in [-0.25, -0.2) is 0 Å². The Balaban J connectivity index is 1.88. The first-order chi connectivity index (χ1) is 7.10. The molecule has 0 amide bonds. The van der Waals surface area contributed by atoms with Crippen molar-refractivity contribution in [2.75, 3.05) is 0 Å². The van der Waals surface area contributed by atoms with E-state index in [4.69, 9.17) is 15.3 Å². The molecule has 2 rings (SSSR count). The van der Waals surface area contributed by atoms with E-state index in [1.54, 1.807) is 0 Å². The molecule has 4 heteroatoms. The van der Waals surface area contributed by atoms with Crippen LogP contribution in [0.1, 0.15) is 46.0 Å². The third kappa shape index (κ3) is 2.43. The van der Waals surface area contributed by atoms with Crippen molar-refractivity contribution < 1.29 is 9.57 Å². The lowest BCUT2D eigenvalue weighted by molar-refractivity contribution is -0.0478. The smallest absolute Gasteiger partial charge is 0.230 e. The van der Waals surface area contributed by atoms with Gasteiger partial charge in [-0.15, -0.1) is 0 Å². The second-order valence-electron chi connectivity index (χ2n) is 4.94. The van der Waals surface area contributed by atoms with Crippen molar-refractivity contribution in [3.8, 4) is 0 Å². The first-order valence-electron chi connectivity index (χ1n) is 5.77. The van der Waals surface area contributed by atoms with E-state index in [2.05, 4.69) is 5.16 Å². The third-order valence-electron chi connectivity index (χ3n) is 3.13. The van der Waals surface area contributed by atoms with Gasteiger partial charge in [0.25, 0.3) is 0 Å². The molecule has 86 valence electrons. The molecule has 1 fully saturated rings. The summed E-state index contributed by atoms with van der Waals surface area (Å²) in [7, 11) is 0. The number of nitrogens with two attached hydrogens (primary N) is 1. The maximum absolute atomic E-state index is 5.88. The Bertz CT molecular complexity index is 255. The summed E-state index contributed by atoms with van der Waals surface area (Å²) in [5, 5.41) is 4.03.